The SMILES string of the molecule is COc1ccc([C@H]2Sc3cc(OC)ccc3N(CCN(C)C)C(=O)[C@H]2O)cc1. The maximum absolute atomic E-state index is 13.2. The summed E-state index contributed by atoms with van der Waals surface area (Å²) in [7, 11) is 7.15. The molecule has 2 atom stereocenters. The number of thioether (sulfide) groups is 1. The summed E-state index contributed by atoms with van der Waals surface area (Å²) < 4.78 is 10.6. The van der Waals surface area contributed by atoms with E-state index in [0.717, 1.165) is 27.6 Å². The molecule has 6 nitrogen and oxygen atoms in total. The maximum atomic E-state index is 13.2. The Hall–Kier alpha value is -2.22. The lowest BCUT2D eigenvalue weighted by molar-refractivity contribution is -0.126. The van der Waals surface area contributed by atoms with Crippen molar-refractivity contribution in [1.82, 2.24) is 4.90 Å². The van der Waals surface area contributed by atoms with E-state index in [1.807, 2.05) is 61.5 Å². The van der Waals surface area contributed by atoms with Gasteiger partial charge in [-0.2, -0.15) is 0 Å². The Labute approximate surface area is 170 Å². The van der Waals surface area contributed by atoms with E-state index < -0.39 is 11.4 Å². The highest BCUT2D eigenvalue weighted by Crippen LogP contribution is 2.47. The minimum Gasteiger partial charge on any atom is -0.497 e. The minimum absolute atomic E-state index is 0.293. The summed E-state index contributed by atoms with van der Waals surface area (Å²) in [6, 6.07) is 13.1. The van der Waals surface area contributed by atoms with E-state index in [9.17, 15) is 9.90 Å². The van der Waals surface area contributed by atoms with Crippen LogP contribution in [0.1, 0.15) is 10.8 Å². The van der Waals surface area contributed by atoms with Crippen LogP contribution in [-0.2, 0) is 4.79 Å². The number of hydrogen-bond acceptors (Lipinski definition) is 6. The first-order chi connectivity index (χ1) is 13.4. The summed E-state index contributed by atoms with van der Waals surface area (Å²) in [5.41, 5.74) is 1.67. The number of amides is 1. The van der Waals surface area contributed by atoms with Crippen molar-refractivity contribution in [1.29, 1.82) is 0 Å². The number of carbonyl (C=O) groups is 1. The van der Waals surface area contributed by atoms with E-state index in [0.29, 0.717) is 13.1 Å². The second-order valence-electron chi connectivity index (χ2n) is 6.88. The first-order valence-corrected chi connectivity index (χ1v) is 9.95. The van der Waals surface area contributed by atoms with Gasteiger partial charge < -0.3 is 24.4 Å². The van der Waals surface area contributed by atoms with Crippen LogP contribution < -0.4 is 14.4 Å². The molecule has 0 bridgehead atoms. The molecule has 3 rings (SSSR count). The molecule has 0 radical (unpaired) electrons. The molecule has 1 aliphatic heterocycles. The molecule has 1 amide bonds. The summed E-state index contributed by atoms with van der Waals surface area (Å²) in [6.45, 7) is 1.19. The topological polar surface area (TPSA) is 62.2 Å². The summed E-state index contributed by atoms with van der Waals surface area (Å²) in [5.74, 6) is 1.16. The van der Waals surface area contributed by atoms with Crippen molar-refractivity contribution in [3.8, 4) is 11.5 Å². The first-order valence-electron chi connectivity index (χ1n) is 9.07. The Morgan fingerprint density at radius 3 is 2.32 bits per heavy atom. The number of methoxy groups -OCH3 is 2. The van der Waals surface area contributed by atoms with Crippen LogP contribution >= 0.6 is 11.8 Å². The molecule has 1 heterocycles. The third-order valence-electron chi connectivity index (χ3n) is 4.73. The highest BCUT2D eigenvalue weighted by atomic mass is 32.2. The molecule has 2 aromatic carbocycles. The molecule has 0 aromatic heterocycles. The van der Waals surface area contributed by atoms with Gasteiger partial charge in [0.05, 0.1) is 25.2 Å². The second kappa shape index (κ2) is 8.86. The van der Waals surface area contributed by atoms with Crippen LogP contribution in [0.2, 0.25) is 0 Å². The van der Waals surface area contributed by atoms with Crippen LogP contribution in [0.5, 0.6) is 11.5 Å². The molecule has 28 heavy (non-hydrogen) atoms. The zero-order chi connectivity index (χ0) is 20.3. The van der Waals surface area contributed by atoms with Gasteiger partial charge in [0.25, 0.3) is 5.91 Å². The lowest BCUT2D eigenvalue weighted by atomic mass is 10.1. The van der Waals surface area contributed by atoms with E-state index in [2.05, 4.69) is 0 Å². The van der Waals surface area contributed by atoms with Crippen molar-refractivity contribution in [3.63, 3.8) is 0 Å². The fourth-order valence-corrected chi connectivity index (χ4v) is 4.42. The number of nitrogens with zero attached hydrogens (tertiary/aromatic N) is 2. The number of benzene rings is 2. The second-order valence-corrected chi connectivity index (χ2v) is 8.07. The number of hydrogen-bond donors (Lipinski definition) is 1. The Kier molecular flexibility index (Phi) is 6.49. The van der Waals surface area contributed by atoms with Crippen molar-refractivity contribution in [2.75, 3.05) is 46.3 Å². The quantitative estimate of drug-likeness (QED) is 0.802. The molecular formula is C21H26N2O4S. The lowest BCUT2D eigenvalue weighted by Crippen LogP contribution is -2.43. The van der Waals surface area contributed by atoms with Crippen molar-refractivity contribution in [2.45, 2.75) is 16.2 Å². The summed E-state index contributed by atoms with van der Waals surface area (Å²) in [5, 5.41) is 10.5. The number of ether oxygens (including phenoxy) is 2. The summed E-state index contributed by atoms with van der Waals surface area (Å²) in [6.07, 6.45) is -1.15. The van der Waals surface area contributed by atoms with Crippen LogP contribution in [0.3, 0.4) is 0 Å². The molecule has 0 saturated carbocycles. The third-order valence-corrected chi connectivity index (χ3v) is 6.10. The molecule has 0 fully saturated rings. The Bertz CT molecular complexity index is 826. The number of carbonyl (C=O) groups excluding carboxylic acids is 1. The van der Waals surface area contributed by atoms with Crippen LogP contribution in [-0.4, -0.2) is 63.4 Å². The first kappa shape index (κ1) is 20.5. The average molecular weight is 403 g/mol. The van der Waals surface area contributed by atoms with E-state index in [4.69, 9.17) is 9.47 Å². The minimum atomic E-state index is -1.15. The van der Waals surface area contributed by atoms with Gasteiger partial charge in [0, 0.05) is 18.0 Å². The lowest BCUT2D eigenvalue weighted by Gasteiger charge is -2.26. The van der Waals surface area contributed by atoms with Gasteiger partial charge in [0.15, 0.2) is 0 Å². The zero-order valence-electron chi connectivity index (χ0n) is 16.6. The number of anilines is 1. The van der Waals surface area contributed by atoms with Gasteiger partial charge in [-0.15, -0.1) is 11.8 Å². The van der Waals surface area contributed by atoms with Crippen LogP contribution in [0, 0.1) is 0 Å². The zero-order valence-corrected chi connectivity index (χ0v) is 17.4. The highest BCUT2D eigenvalue weighted by molar-refractivity contribution is 7.99. The fourth-order valence-electron chi connectivity index (χ4n) is 3.12. The standard InChI is InChI=1S/C21H26N2O4S/c1-22(2)11-12-23-17-10-9-16(27-4)13-18(17)28-20(19(24)21(23)25)14-5-7-15(26-3)8-6-14/h5-10,13,19-20,24H,11-12H2,1-4H3/t19-,20+/m0/s1. The molecule has 0 saturated heterocycles. The smallest absolute Gasteiger partial charge is 0.257 e. The molecule has 7 heteroatoms. The van der Waals surface area contributed by atoms with Gasteiger partial charge >= 0.3 is 0 Å². The van der Waals surface area contributed by atoms with E-state index >= 15 is 0 Å². The predicted octanol–water partition coefficient (Wildman–Crippen LogP) is 2.81. The van der Waals surface area contributed by atoms with Crippen LogP contribution in [0.15, 0.2) is 47.4 Å². The molecule has 0 aliphatic carbocycles. The normalized spacial score (nSPS) is 19.4. The molecular weight excluding hydrogens is 376 g/mol. The monoisotopic (exact) mass is 402 g/mol. The van der Waals surface area contributed by atoms with Gasteiger partial charge in [-0.3, -0.25) is 4.79 Å². The number of rotatable bonds is 6. The van der Waals surface area contributed by atoms with Crippen LogP contribution in [0.25, 0.3) is 0 Å². The summed E-state index contributed by atoms with van der Waals surface area (Å²) >= 11 is 1.48. The third kappa shape index (κ3) is 4.27. The number of fused-ring (bicyclic) bond motifs is 1. The molecule has 1 aliphatic rings. The van der Waals surface area contributed by atoms with Crippen LogP contribution in [0.4, 0.5) is 5.69 Å². The Balaban J connectivity index is 2.02. The Morgan fingerprint density at radius 2 is 1.71 bits per heavy atom. The van der Waals surface area contributed by atoms with Gasteiger partial charge in [-0.05, 0) is 50.0 Å². The van der Waals surface area contributed by atoms with Gasteiger partial charge in [0.2, 0.25) is 0 Å². The molecule has 2 aromatic rings. The average Bonchev–Trinajstić information content (AvgIpc) is 2.81. The van der Waals surface area contributed by atoms with E-state index in [1.54, 1.807) is 19.1 Å². The predicted molar refractivity (Wildman–Crippen MR) is 111 cm³/mol. The maximum Gasteiger partial charge on any atom is 0.257 e. The van der Waals surface area contributed by atoms with Gasteiger partial charge in [-0.25, -0.2) is 0 Å². The van der Waals surface area contributed by atoms with Crippen molar-refractivity contribution in [3.05, 3.63) is 48.0 Å². The fraction of sp³-hybridized carbons (Fsp3) is 0.381. The highest BCUT2D eigenvalue weighted by Gasteiger charge is 2.37. The largest absolute Gasteiger partial charge is 0.497 e. The van der Waals surface area contributed by atoms with Crippen molar-refractivity contribution < 1.29 is 19.4 Å². The van der Waals surface area contributed by atoms with Crippen molar-refractivity contribution in [2.24, 2.45) is 0 Å². The molecule has 0 spiro atoms. The van der Waals surface area contributed by atoms with E-state index in [1.165, 1.54) is 11.8 Å². The number of aliphatic hydroxyl groups excluding tert-OH is 1. The van der Waals surface area contributed by atoms with Gasteiger partial charge in [-0.1, -0.05) is 12.1 Å². The number of likely N-dealkylation sites (N-methyl/N-ethyl adjacent to an activating group) is 1. The number of aliphatic hydroxyl groups is 1. The van der Waals surface area contributed by atoms with Crippen molar-refractivity contribution >= 4 is 23.4 Å². The molecule has 150 valence electrons. The summed E-state index contributed by atoms with van der Waals surface area (Å²) in [4.78, 5) is 17.8. The molecule has 1 N–H and O–H groups in total. The van der Waals surface area contributed by atoms with Gasteiger partial charge in [0.1, 0.15) is 17.6 Å². The molecule has 0 unspecified atom stereocenters. The van der Waals surface area contributed by atoms with E-state index in [-0.39, 0.29) is 5.91 Å². The Morgan fingerprint density at radius 1 is 1.07 bits per heavy atom.